The van der Waals surface area contributed by atoms with Gasteiger partial charge in [0, 0.05) is 29.0 Å². The molecule has 5 heteroatoms. The maximum Gasteiger partial charge on any atom is 0.337 e. The van der Waals surface area contributed by atoms with Crippen LogP contribution in [0, 0.1) is 5.41 Å². The number of benzene rings is 1. The largest absolute Gasteiger partial charge is 0.493 e. The van der Waals surface area contributed by atoms with Gasteiger partial charge in [-0.15, -0.1) is 0 Å². The Labute approximate surface area is 179 Å². The molecule has 0 saturated carbocycles. The van der Waals surface area contributed by atoms with E-state index in [2.05, 4.69) is 26.1 Å². The summed E-state index contributed by atoms with van der Waals surface area (Å²) in [5.41, 5.74) is 3.52. The van der Waals surface area contributed by atoms with E-state index in [0.717, 1.165) is 29.8 Å². The fourth-order valence-electron chi connectivity index (χ4n) is 4.36. The number of ketones is 1. The molecule has 0 aromatic heterocycles. The predicted molar refractivity (Wildman–Crippen MR) is 117 cm³/mol. The molecule has 3 rings (SSSR count). The number of dihydropyridines is 1. The van der Waals surface area contributed by atoms with Gasteiger partial charge in [-0.05, 0) is 45.1 Å². The Morgan fingerprint density at radius 3 is 2.60 bits per heavy atom. The molecule has 162 valence electrons. The monoisotopic (exact) mass is 411 g/mol. The van der Waals surface area contributed by atoms with Crippen LogP contribution in [-0.4, -0.2) is 24.5 Å². The number of hydrogen-bond donors (Lipinski definition) is 1. The molecule has 0 spiro atoms. The summed E-state index contributed by atoms with van der Waals surface area (Å²) in [5.74, 6) is -0.108. The lowest BCUT2D eigenvalue weighted by molar-refractivity contribution is -0.143. The summed E-state index contributed by atoms with van der Waals surface area (Å²) in [6.07, 6.45) is 1.83. The maximum atomic E-state index is 13.3. The number of ether oxygens (including phenoxy) is 2. The molecule has 0 radical (unpaired) electrons. The van der Waals surface area contributed by atoms with Gasteiger partial charge in [0.25, 0.3) is 0 Å². The molecule has 30 heavy (non-hydrogen) atoms. The van der Waals surface area contributed by atoms with Crippen molar-refractivity contribution in [1.29, 1.82) is 0 Å². The highest BCUT2D eigenvalue weighted by Gasteiger charge is 2.44. The van der Waals surface area contributed by atoms with E-state index in [-0.39, 0.29) is 17.3 Å². The molecule has 1 atom stereocenters. The third kappa shape index (κ3) is 4.45. The van der Waals surface area contributed by atoms with Crippen molar-refractivity contribution in [3.8, 4) is 5.75 Å². The number of allylic oxidation sites excluding steroid dienone is 3. The second-order valence-corrected chi connectivity index (χ2v) is 9.27. The zero-order chi connectivity index (χ0) is 22.1. The third-order valence-electron chi connectivity index (χ3n) is 5.49. The van der Waals surface area contributed by atoms with Crippen LogP contribution < -0.4 is 10.1 Å². The number of nitrogens with one attached hydrogen (secondary N) is 1. The van der Waals surface area contributed by atoms with E-state index in [1.54, 1.807) is 0 Å². The van der Waals surface area contributed by atoms with Gasteiger partial charge in [0.15, 0.2) is 5.78 Å². The Bertz CT molecular complexity index is 907. The molecule has 0 unspecified atom stereocenters. The van der Waals surface area contributed by atoms with Crippen LogP contribution in [0.4, 0.5) is 0 Å². The summed E-state index contributed by atoms with van der Waals surface area (Å²) in [4.78, 5) is 26.5. The maximum absolute atomic E-state index is 13.3. The highest BCUT2D eigenvalue weighted by Crippen LogP contribution is 2.48. The van der Waals surface area contributed by atoms with Gasteiger partial charge in [-0.2, -0.15) is 0 Å². The van der Waals surface area contributed by atoms with Gasteiger partial charge in [0.2, 0.25) is 0 Å². The van der Waals surface area contributed by atoms with E-state index in [1.165, 1.54) is 0 Å². The van der Waals surface area contributed by atoms with Crippen LogP contribution in [0.15, 0.2) is 46.8 Å². The lowest BCUT2D eigenvalue weighted by atomic mass is 9.68. The minimum absolute atomic E-state index is 0.0754. The third-order valence-corrected chi connectivity index (χ3v) is 5.49. The van der Waals surface area contributed by atoms with Crippen molar-refractivity contribution < 1.29 is 19.1 Å². The highest BCUT2D eigenvalue weighted by atomic mass is 16.5. The summed E-state index contributed by atoms with van der Waals surface area (Å²) in [5, 5.41) is 3.37. The van der Waals surface area contributed by atoms with E-state index in [9.17, 15) is 9.59 Å². The normalized spacial score (nSPS) is 20.8. The fourth-order valence-corrected chi connectivity index (χ4v) is 4.36. The summed E-state index contributed by atoms with van der Waals surface area (Å²) >= 11 is 0. The molecule has 0 amide bonds. The van der Waals surface area contributed by atoms with Crippen LogP contribution in [-0.2, 0) is 14.3 Å². The van der Waals surface area contributed by atoms with Crippen molar-refractivity contribution in [2.24, 2.45) is 5.41 Å². The minimum Gasteiger partial charge on any atom is -0.493 e. The van der Waals surface area contributed by atoms with Gasteiger partial charge in [0.1, 0.15) is 5.75 Å². The fraction of sp³-hybridized carbons (Fsp3) is 0.520. The van der Waals surface area contributed by atoms with Gasteiger partial charge in [0.05, 0.1) is 24.2 Å². The van der Waals surface area contributed by atoms with Gasteiger partial charge in [-0.3, -0.25) is 4.79 Å². The lowest BCUT2D eigenvalue weighted by Crippen LogP contribution is -2.39. The van der Waals surface area contributed by atoms with Crippen molar-refractivity contribution in [2.75, 3.05) is 6.61 Å². The average Bonchev–Trinajstić information content (AvgIpc) is 2.63. The van der Waals surface area contributed by atoms with Crippen molar-refractivity contribution in [3.63, 3.8) is 0 Å². The van der Waals surface area contributed by atoms with Crippen LogP contribution in [0.5, 0.6) is 5.75 Å². The molecule has 1 N–H and O–H groups in total. The summed E-state index contributed by atoms with van der Waals surface area (Å²) in [7, 11) is 0. The Morgan fingerprint density at radius 2 is 1.93 bits per heavy atom. The first kappa shape index (κ1) is 22.1. The number of Topliss-reactive ketones (excluding diaryl/α,β-unsaturated/α-hetero) is 1. The smallest absolute Gasteiger partial charge is 0.337 e. The molecule has 0 saturated heterocycles. The van der Waals surface area contributed by atoms with Crippen molar-refractivity contribution in [2.45, 2.75) is 72.8 Å². The molecular weight excluding hydrogens is 378 g/mol. The number of para-hydroxylation sites is 1. The number of esters is 1. The standard InChI is InChI=1S/C25H33NO4/c1-7-12-29-20-11-9-8-10-17(20)22-21(24(28)30-15(2)3)16(4)26-18-13-25(5,6)14-19(27)23(18)22/h8-11,15,22,26H,7,12-14H2,1-6H3/t22-/m1/s1. The van der Waals surface area contributed by atoms with Gasteiger partial charge in [-0.1, -0.05) is 39.0 Å². The Kier molecular flexibility index (Phi) is 6.39. The van der Waals surface area contributed by atoms with Crippen molar-refractivity contribution in [1.82, 2.24) is 5.32 Å². The first-order valence-corrected chi connectivity index (χ1v) is 10.8. The molecule has 0 fully saturated rings. The summed E-state index contributed by atoms with van der Waals surface area (Å²) in [6, 6.07) is 7.70. The first-order valence-electron chi connectivity index (χ1n) is 10.8. The summed E-state index contributed by atoms with van der Waals surface area (Å²) in [6.45, 7) is 12.4. The van der Waals surface area contributed by atoms with Gasteiger partial charge in [-0.25, -0.2) is 4.79 Å². The first-order chi connectivity index (χ1) is 14.1. The van der Waals surface area contributed by atoms with E-state index in [1.807, 2.05) is 45.0 Å². The summed E-state index contributed by atoms with van der Waals surface area (Å²) < 4.78 is 11.6. The number of hydrogen-bond acceptors (Lipinski definition) is 5. The molecule has 1 aromatic carbocycles. The van der Waals surface area contributed by atoms with E-state index in [0.29, 0.717) is 29.9 Å². The number of carbonyl (C=O) groups excluding carboxylic acids is 2. The molecule has 1 aliphatic heterocycles. The van der Waals surface area contributed by atoms with Crippen LogP contribution >= 0.6 is 0 Å². The number of carbonyl (C=O) groups is 2. The molecule has 1 heterocycles. The predicted octanol–water partition coefficient (Wildman–Crippen LogP) is 5.03. The Balaban J connectivity index is 2.18. The van der Waals surface area contributed by atoms with Crippen molar-refractivity contribution >= 4 is 11.8 Å². The van der Waals surface area contributed by atoms with Crippen molar-refractivity contribution in [3.05, 3.63) is 52.4 Å². The van der Waals surface area contributed by atoms with Crippen LogP contribution in [0.25, 0.3) is 0 Å². The molecule has 1 aromatic rings. The SMILES string of the molecule is CCCOc1ccccc1[C@@H]1C(C(=O)OC(C)C)=C(C)NC2=C1C(=O)CC(C)(C)C2. The zero-order valence-electron chi connectivity index (χ0n) is 18.9. The quantitative estimate of drug-likeness (QED) is 0.665. The van der Waals surface area contributed by atoms with E-state index >= 15 is 0 Å². The lowest BCUT2D eigenvalue weighted by Gasteiger charge is -2.39. The minimum atomic E-state index is -0.496. The zero-order valence-corrected chi connectivity index (χ0v) is 18.9. The van der Waals surface area contributed by atoms with E-state index < -0.39 is 11.9 Å². The van der Waals surface area contributed by atoms with Gasteiger partial charge < -0.3 is 14.8 Å². The average molecular weight is 412 g/mol. The molecule has 2 aliphatic rings. The van der Waals surface area contributed by atoms with Crippen LogP contribution in [0.3, 0.4) is 0 Å². The van der Waals surface area contributed by atoms with Gasteiger partial charge >= 0.3 is 5.97 Å². The Morgan fingerprint density at radius 1 is 1.23 bits per heavy atom. The highest BCUT2D eigenvalue weighted by molar-refractivity contribution is 6.04. The molecule has 5 nitrogen and oxygen atoms in total. The second kappa shape index (κ2) is 8.66. The second-order valence-electron chi connectivity index (χ2n) is 9.27. The molecule has 0 bridgehead atoms. The van der Waals surface area contributed by atoms with E-state index in [4.69, 9.17) is 9.47 Å². The number of rotatable bonds is 6. The molecular formula is C25H33NO4. The van der Waals surface area contributed by atoms with Crippen LogP contribution in [0.2, 0.25) is 0 Å². The van der Waals surface area contributed by atoms with Crippen LogP contribution in [0.1, 0.15) is 72.3 Å². The Hall–Kier alpha value is -2.56. The molecule has 1 aliphatic carbocycles. The topological polar surface area (TPSA) is 64.6 Å².